The minimum atomic E-state index is -1.07. The van der Waals surface area contributed by atoms with Gasteiger partial charge in [0, 0.05) is 11.4 Å². The summed E-state index contributed by atoms with van der Waals surface area (Å²) < 4.78 is 5.75. The average Bonchev–Trinajstić information content (AvgIpc) is 2.81. The summed E-state index contributed by atoms with van der Waals surface area (Å²) in [5.74, 6) is 0.190. The predicted octanol–water partition coefficient (Wildman–Crippen LogP) is 5.36. The third-order valence-electron chi connectivity index (χ3n) is 4.50. The van der Waals surface area contributed by atoms with E-state index in [1.807, 2.05) is 30.3 Å². The minimum absolute atomic E-state index is 0.00335. The molecule has 0 aliphatic heterocycles. The number of benzene rings is 3. The molecule has 0 saturated heterocycles. The summed E-state index contributed by atoms with van der Waals surface area (Å²) in [6.07, 6.45) is 1.19. The Hall–Kier alpha value is -4.99. The number of ether oxygens (including phenoxy) is 1. The Bertz CT molecular complexity index is 1280. The first kappa shape index (κ1) is 21.2. The lowest BCUT2D eigenvalue weighted by Crippen LogP contribution is -2.05. The third-order valence-corrected chi connectivity index (χ3v) is 4.50. The lowest BCUT2D eigenvalue weighted by molar-refractivity contribution is -0.383. The first-order valence-electron chi connectivity index (χ1n) is 9.69. The van der Waals surface area contributed by atoms with Crippen LogP contribution in [0.1, 0.15) is 10.4 Å². The van der Waals surface area contributed by atoms with Crippen LogP contribution in [-0.4, -0.2) is 26.0 Å². The molecule has 0 spiro atoms. The number of nitrogens with one attached hydrogen (secondary N) is 2. The number of carboxylic acids is 1. The van der Waals surface area contributed by atoms with Crippen LogP contribution in [0.15, 0.2) is 85.2 Å². The number of anilines is 4. The van der Waals surface area contributed by atoms with E-state index in [2.05, 4.69) is 20.6 Å². The summed E-state index contributed by atoms with van der Waals surface area (Å²) in [5.41, 5.74) is 0.744. The molecule has 0 fully saturated rings. The minimum Gasteiger partial charge on any atom is -0.478 e. The number of nitro groups is 1. The van der Waals surface area contributed by atoms with Crippen LogP contribution in [0.4, 0.5) is 28.7 Å². The number of carbonyl (C=O) groups is 1. The number of hydrogen-bond acceptors (Lipinski definition) is 8. The fourth-order valence-electron chi connectivity index (χ4n) is 2.94. The van der Waals surface area contributed by atoms with Gasteiger partial charge in [0.15, 0.2) is 0 Å². The molecule has 3 aromatic carbocycles. The maximum Gasteiger partial charge on any atom is 0.353 e. The van der Waals surface area contributed by atoms with Gasteiger partial charge in [-0.3, -0.25) is 10.1 Å². The number of nitrogens with zero attached hydrogens (tertiary/aromatic N) is 3. The zero-order valence-electron chi connectivity index (χ0n) is 17.0. The maximum absolute atomic E-state index is 11.8. The lowest BCUT2D eigenvalue weighted by atomic mass is 10.2. The van der Waals surface area contributed by atoms with Crippen molar-refractivity contribution in [3.8, 4) is 11.5 Å². The Morgan fingerprint density at radius 1 is 0.818 bits per heavy atom. The number of para-hydroxylation sites is 1. The van der Waals surface area contributed by atoms with Crippen molar-refractivity contribution >= 4 is 34.7 Å². The Labute approximate surface area is 187 Å². The topological polar surface area (TPSA) is 140 Å². The average molecular weight is 443 g/mol. The molecule has 0 atom stereocenters. The summed E-state index contributed by atoms with van der Waals surface area (Å²) in [7, 11) is 0. The smallest absolute Gasteiger partial charge is 0.353 e. The highest BCUT2D eigenvalue weighted by atomic mass is 16.6. The van der Waals surface area contributed by atoms with Crippen molar-refractivity contribution in [2.45, 2.75) is 0 Å². The van der Waals surface area contributed by atoms with Crippen LogP contribution in [0, 0.1) is 10.1 Å². The normalized spacial score (nSPS) is 10.3. The third kappa shape index (κ3) is 5.20. The monoisotopic (exact) mass is 443 g/mol. The van der Waals surface area contributed by atoms with Gasteiger partial charge in [-0.05, 0) is 60.7 Å². The van der Waals surface area contributed by atoms with E-state index in [0.717, 1.165) is 0 Å². The van der Waals surface area contributed by atoms with Crippen molar-refractivity contribution in [1.82, 2.24) is 9.97 Å². The molecule has 33 heavy (non-hydrogen) atoms. The maximum atomic E-state index is 11.8. The fourth-order valence-corrected chi connectivity index (χ4v) is 2.94. The second-order valence-electron chi connectivity index (χ2n) is 6.75. The van der Waals surface area contributed by atoms with Crippen molar-refractivity contribution in [3.05, 3.63) is 101 Å². The van der Waals surface area contributed by atoms with Crippen LogP contribution in [0.25, 0.3) is 0 Å². The molecule has 3 N–H and O–H groups in total. The molecule has 10 heteroatoms. The molecule has 164 valence electrons. The van der Waals surface area contributed by atoms with E-state index in [4.69, 9.17) is 9.84 Å². The van der Waals surface area contributed by atoms with Gasteiger partial charge >= 0.3 is 11.7 Å². The molecule has 0 aliphatic carbocycles. The van der Waals surface area contributed by atoms with Gasteiger partial charge in [0.1, 0.15) is 17.8 Å². The molecule has 4 aromatic rings. The SMILES string of the molecule is O=C(O)c1ccc(Nc2ncnc(Nc3ccc(Oc4ccccc4)cc3)c2[N+](=O)[O-])cc1. The highest BCUT2D eigenvalue weighted by Crippen LogP contribution is 2.33. The van der Waals surface area contributed by atoms with Crippen LogP contribution < -0.4 is 15.4 Å². The standard InChI is InChI=1S/C23H17N5O5/c29-23(30)15-6-8-16(9-7-15)26-21-20(28(31)32)22(25-14-24-21)27-17-10-12-19(13-11-17)33-18-4-2-1-3-5-18/h1-14H,(H,29,30)(H2,24,25,26,27). The van der Waals surface area contributed by atoms with Gasteiger partial charge < -0.3 is 20.5 Å². The van der Waals surface area contributed by atoms with Crippen molar-refractivity contribution < 1.29 is 19.6 Å². The second kappa shape index (κ2) is 9.43. The molecule has 0 unspecified atom stereocenters. The summed E-state index contributed by atoms with van der Waals surface area (Å²) in [6, 6.07) is 21.9. The number of hydrogen-bond donors (Lipinski definition) is 3. The van der Waals surface area contributed by atoms with Gasteiger partial charge in [-0.25, -0.2) is 14.8 Å². The van der Waals surface area contributed by atoms with Crippen molar-refractivity contribution in [2.75, 3.05) is 10.6 Å². The number of rotatable bonds is 8. The first-order chi connectivity index (χ1) is 16.0. The molecule has 0 amide bonds. The predicted molar refractivity (Wildman–Crippen MR) is 122 cm³/mol. The molecule has 10 nitrogen and oxygen atoms in total. The highest BCUT2D eigenvalue weighted by molar-refractivity contribution is 5.88. The quantitative estimate of drug-likeness (QED) is 0.242. The van der Waals surface area contributed by atoms with Gasteiger partial charge in [0.05, 0.1) is 10.5 Å². The van der Waals surface area contributed by atoms with E-state index < -0.39 is 10.9 Å². The first-order valence-corrected chi connectivity index (χ1v) is 9.69. The zero-order chi connectivity index (χ0) is 23.2. The van der Waals surface area contributed by atoms with E-state index in [-0.39, 0.29) is 22.9 Å². The summed E-state index contributed by atoms with van der Waals surface area (Å²) in [4.78, 5) is 30.2. The van der Waals surface area contributed by atoms with Crippen LogP contribution in [0.5, 0.6) is 11.5 Å². The zero-order valence-corrected chi connectivity index (χ0v) is 17.0. The van der Waals surface area contributed by atoms with Gasteiger partial charge in [0.2, 0.25) is 11.6 Å². The number of carboxylic acid groups (broad SMARTS) is 1. The number of aromatic carboxylic acids is 1. The van der Waals surface area contributed by atoms with E-state index in [9.17, 15) is 14.9 Å². The molecule has 0 radical (unpaired) electrons. The van der Waals surface area contributed by atoms with Crippen molar-refractivity contribution in [1.29, 1.82) is 0 Å². The molecule has 4 rings (SSSR count). The molecule has 1 heterocycles. The Morgan fingerprint density at radius 3 is 1.85 bits per heavy atom. The largest absolute Gasteiger partial charge is 0.478 e. The van der Waals surface area contributed by atoms with Crippen molar-refractivity contribution in [3.63, 3.8) is 0 Å². The molecular formula is C23H17N5O5. The number of aromatic nitrogens is 2. The Morgan fingerprint density at radius 2 is 1.33 bits per heavy atom. The van der Waals surface area contributed by atoms with Gasteiger partial charge in [-0.2, -0.15) is 0 Å². The van der Waals surface area contributed by atoms with Crippen LogP contribution >= 0.6 is 0 Å². The van der Waals surface area contributed by atoms with E-state index in [1.54, 1.807) is 24.3 Å². The Kier molecular flexibility index (Phi) is 6.08. The van der Waals surface area contributed by atoms with Crippen LogP contribution in [0.3, 0.4) is 0 Å². The lowest BCUT2D eigenvalue weighted by Gasteiger charge is -2.11. The molecule has 0 bridgehead atoms. The summed E-state index contributed by atoms with van der Waals surface area (Å²) in [6.45, 7) is 0. The van der Waals surface area contributed by atoms with E-state index in [1.165, 1.54) is 30.6 Å². The summed E-state index contributed by atoms with van der Waals surface area (Å²) >= 11 is 0. The second-order valence-corrected chi connectivity index (χ2v) is 6.75. The van der Waals surface area contributed by atoms with Gasteiger partial charge in [-0.15, -0.1) is 0 Å². The summed E-state index contributed by atoms with van der Waals surface area (Å²) in [5, 5.41) is 26.5. The Balaban J connectivity index is 1.54. The highest BCUT2D eigenvalue weighted by Gasteiger charge is 2.23. The molecule has 0 aliphatic rings. The van der Waals surface area contributed by atoms with Gasteiger partial charge in [0.25, 0.3) is 0 Å². The molecule has 0 saturated carbocycles. The molecular weight excluding hydrogens is 426 g/mol. The fraction of sp³-hybridized carbons (Fsp3) is 0. The van der Waals surface area contributed by atoms with Crippen molar-refractivity contribution in [2.24, 2.45) is 0 Å². The van der Waals surface area contributed by atoms with E-state index in [0.29, 0.717) is 22.9 Å². The van der Waals surface area contributed by atoms with Crippen LogP contribution in [-0.2, 0) is 0 Å². The van der Waals surface area contributed by atoms with Gasteiger partial charge in [-0.1, -0.05) is 18.2 Å². The van der Waals surface area contributed by atoms with E-state index >= 15 is 0 Å². The van der Waals surface area contributed by atoms with Crippen LogP contribution in [0.2, 0.25) is 0 Å². The molecule has 1 aromatic heterocycles.